The van der Waals surface area contributed by atoms with Crippen LogP contribution in [0.4, 0.5) is 0 Å². The maximum Gasteiger partial charge on any atom is 0.191 e. The van der Waals surface area contributed by atoms with Crippen LogP contribution in [0, 0.1) is 18.3 Å². The van der Waals surface area contributed by atoms with Crippen LogP contribution in [0.5, 0.6) is 5.75 Å². The van der Waals surface area contributed by atoms with Gasteiger partial charge in [-0.05, 0) is 44.7 Å². The lowest BCUT2D eigenvalue weighted by atomic mass is 9.83. The molecule has 1 saturated heterocycles. The lowest BCUT2D eigenvalue weighted by molar-refractivity contribution is 0.118. The third-order valence-electron chi connectivity index (χ3n) is 5.94. The molecule has 0 aromatic heterocycles. The molecule has 1 aromatic rings. The van der Waals surface area contributed by atoms with Crippen molar-refractivity contribution in [1.29, 1.82) is 0 Å². The highest BCUT2D eigenvalue weighted by atomic mass is 127. The van der Waals surface area contributed by atoms with E-state index in [0.29, 0.717) is 25.6 Å². The van der Waals surface area contributed by atoms with Gasteiger partial charge < -0.3 is 25.2 Å². The number of guanidine groups is 1. The molecule has 1 unspecified atom stereocenters. The highest BCUT2D eigenvalue weighted by Gasteiger charge is 2.25. The van der Waals surface area contributed by atoms with E-state index in [2.05, 4.69) is 56.5 Å². The number of hydrogen-bond acceptors (Lipinski definition) is 4. The van der Waals surface area contributed by atoms with Gasteiger partial charge >= 0.3 is 0 Å². The van der Waals surface area contributed by atoms with Crippen LogP contribution in [0.3, 0.4) is 0 Å². The number of aliphatic hydroxyl groups excluding tert-OH is 1. The summed E-state index contributed by atoms with van der Waals surface area (Å²) in [6, 6.07) is 6.28. The largest absolute Gasteiger partial charge is 0.493 e. The van der Waals surface area contributed by atoms with E-state index in [1.165, 1.54) is 5.56 Å². The molecule has 0 amide bonds. The number of halogens is 1. The van der Waals surface area contributed by atoms with Crippen molar-refractivity contribution < 1.29 is 14.6 Å². The van der Waals surface area contributed by atoms with E-state index in [1.807, 2.05) is 0 Å². The first-order valence-electron chi connectivity index (χ1n) is 11.0. The van der Waals surface area contributed by atoms with Gasteiger partial charge in [0.25, 0.3) is 0 Å². The first-order valence-corrected chi connectivity index (χ1v) is 11.0. The van der Waals surface area contributed by atoms with Crippen molar-refractivity contribution in [2.45, 2.75) is 53.5 Å². The first kappa shape index (κ1) is 27.0. The fourth-order valence-electron chi connectivity index (χ4n) is 3.41. The van der Waals surface area contributed by atoms with Gasteiger partial charge in [-0.2, -0.15) is 0 Å². The minimum absolute atomic E-state index is 0. The molecule has 1 fully saturated rings. The number of aliphatic hydroxyl groups is 1. The highest BCUT2D eigenvalue weighted by Crippen LogP contribution is 2.25. The summed E-state index contributed by atoms with van der Waals surface area (Å²) in [5.74, 6) is 2.15. The van der Waals surface area contributed by atoms with Gasteiger partial charge in [0.2, 0.25) is 0 Å². The summed E-state index contributed by atoms with van der Waals surface area (Å²) in [5.41, 5.74) is 2.14. The molecule has 0 saturated carbocycles. The zero-order chi connectivity index (χ0) is 21.1. The van der Waals surface area contributed by atoms with Gasteiger partial charge in [0.05, 0.1) is 26.4 Å². The average Bonchev–Trinajstić information content (AvgIpc) is 3.26. The number of rotatable bonds is 11. The Labute approximate surface area is 199 Å². The molecule has 0 spiro atoms. The van der Waals surface area contributed by atoms with E-state index in [1.54, 1.807) is 0 Å². The van der Waals surface area contributed by atoms with Crippen molar-refractivity contribution in [1.82, 2.24) is 10.6 Å². The lowest BCUT2D eigenvalue weighted by Crippen LogP contribution is -2.44. The Morgan fingerprint density at radius 2 is 2.03 bits per heavy atom. The standard InChI is InChI=1S/C23H39N3O3.HI/c1-5-23(6-2,17-27)16-26-22(24-7-3)25-13-20-9-8-18(4)12-21(20)29-15-19-10-11-28-14-19;/h8-9,12,19,27H,5-7,10-11,13-17H2,1-4H3,(H2,24,25,26);1H. The van der Waals surface area contributed by atoms with Crippen LogP contribution in [0.1, 0.15) is 51.2 Å². The smallest absolute Gasteiger partial charge is 0.191 e. The number of nitrogens with one attached hydrogen (secondary N) is 2. The SMILES string of the molecule is CCNC(=NCc1ccc(C)cc1OCC1CCOC1)NCC(CC)(CC)CO.I. The average molecular weight is 533 g/mol. The molecular formula is C23H40IN3O3. The van der Waals surface area contributed by atoms with Crippen molar-refractivity contribution in [3.8, 4) is 5.75 Å². The molecule has 30 heavy (non-hydrogen) atoms. The van der Waals surface area contributed by atoms with E-state index in [0.717, 1.165) is 56.3 Å². The Hall–Kier alpha value is -1.06. The summed E-state index contributed by atoms with van der Waals surface area (Å²) < 4.78 is 11.6. The van der Waals surface area contributed by atoms with E-state index in [9.17, 15) is 5.11 Å². The first-order chi connectivity index (χ1) is 14.1. The predicted octanol–water partition coefficient (Wildman–Crippen LogP) is 3.88. The Kier molecular flexibility index (Phi) is 12.7. The van der Waals surface area contributed by atoms with Gasteiger partial charge in [-0.1, -0.05) is 26.0 Å². The molecule has 2 rings (SSSR count). The minimum atomic E-state index is -0.113. The van der Waals surface area contributed by atoms with Crippen molar-refractivity contribution in [2.24, 2.45) is 16.3 Å². The van der Waals surface area contributed by atoms with Gasteiger partial charge in [-0.25, -0.2) is 4.99 Å². The topological polar surface area (TPSA) is 75.1 Å². The van der Waals surface area contributed by atoms with E-state index >= 15 is 0 Å². The van der Waals surface area contributed by atoms with Crippen molar-refractivity contribution >= 4 is 29.9 Å². The minimum Gasteiger partial charge on any atom is -0.493 e. The van der Waals surface area contributed by atoms with Crippen molar-refractivity contribution in [2.75, 3.05) is 39.5 Å². The highest BCUT2D eigenvalue weighted by molar-refractivity contribution is 14.0. The van der Waals surface area contributed by atoms with E-state index in [-0.39, 0.29) is 36.0 Å². The van der Waals surface area contributed by atoms with Crippen LogP contribution in [-0.2, 0) is 11.3 Å². The third-order valence-corrected chi connectivity index (χ3v) is 5.94. The van der Waals surface area contributed by atoms with Crippen molar-refractivity contribution in [3.63, 3.8) is 0 Å². The zero-order valence-corrected chi connectivity index (χ0v) is 21.3. The Morgan fingerprint density at radius 3 is 2.63 bits per heavy atom. The van der Waals surface area contributed by atoms with Crippen LogP contribution in [0.2, 0.25) is 0 Å². The summed E-state index contributed by atoms with van der Waals surface area (Å²) in [4.78, 5) is 4.77. The molecule has 6 nitrogen and oxygen atoms in total. The van der Waals surface area contributed by atoms with E-state index < -0.39 is 0 Å². The van der Waals surface area contributed by atoms with Gasteiger partial charge in [0, 0.05) is 36.6 Å². The van der Waals surface area contributed by atoms with Crippen LogP contribution in [0.25, 0.3) is 0 Å². The molecule has 1 atom stereocenters. The molecule has 0 bridgehead atoms. The number of hydrogen-bond donors (Lipinski definition) is 3. The van der Waals surface area contributed by atoms with Crippen LogP contribution < -0.4 is 15.4 Å². The fraction of sp³-hybridized carbons (Fsp3) is 0.696. The van der Waals surface area contributed by atoms with Crippen LogP contribution in [-0.4, -0.2) is 50.6 Å². The number of nitrogens with zero attached hydrogens (tertiary/aromatic N) is 1. The molecule has 1 aliphatic heterocycles. The van der Waals surface area contributed by atoms with Gasteiger partial charge in [-0.15, -0.1) is 24.0 Å². The van der Waals surface area contributed by atoms with E-state index in [4.69, 9.17) is 14.5 Å². The molecule has 3 N–H and O–H groups in total. The number of aliphatic imine (C=N–C) groups is 1. The zero-order valence-electron chi connectivity index (χ0n) is 19.0. The maximum absolute atomic E-state index is 9.81. The van der Waals surface area contributed by atoms with Gasteiger partial charge in [0.1, 0.15) is 5.75 Å². The molecule has 0 aliphatic carbocycles. The Morgan fingerprint density at radius 1 is 1.27 bits per heavy atom. The second-order valence-corrected chi connectivity index (χ2v) is 8.07. The molecule has 1 aromatic carbocycles. The monoisotopic (exact) mass is 533 g/mol. The van der Waals surface area contributed by atoms with Gasteiger partial charge in [0.15, 0.2) is 5.96 Å². The summed E-state index contributed by atoms with van der Waals surface area (Å²) in [5, 5.41) is 16.5. The summed E-state index contributed by atoms with van der Waals surface area (Å²) in [7, 11) is 0. The fourth-order valence-corrected chi connectivity index (χ4v) is 3.41. The summed E-state index contributed by atoms with van der Waals surface area (Å²) >= 11 is 0. The molecule has 7 heteroatoms. The number of aryl methyl sites for hydroxylation is 1. The molecule has 1 aliphatic rings. The maximum atomic E-state index is 9.81. The number of benzene rings is 1. The second kappa shape index (κ2) is 14.1. The Bertz CT molecular complexity index is 636. The molecule has 172 valence electrons. The molecular weight excluding hydrogens is 493 g/mol. The van der Waals surface area contributed by atoms with Crippen molar-refractivity contribution in [3.05, 3.63) is 29.3 Å². The predicted molar refractivity (Wildman–Crippen MR) is 134 cm³/mol. The lowest BCUT2D eigenvalue weighted by Gasteiger charge is -2.30. The molecule has 0 radical (unpaired) electrons. The van der Waals surface area contributed by atoms with Crippen LogP contribution >= 0.6 is 24.0 Å². The Balaban J connectivity index is 0.00000450. The molecule has 1 heterocycles. The van der Waals surface area contributed by atoms with Crippen LogP contribution in [0.15, 0.2) is 23.2 Å². The normalized spacial score (nSPS) is 16.8. The number of ether oxygens (including phenoxy) is 2. The summed E-state index contributed by atoms with van der Waals surface area (Å²) in [6.07, 6.45) is 2.91. The summed E-state index contributed by atoms with van der Waals surface area (Å²) in [6.45, 7) is 12.9. The third kappa shape index (κ3) is 8.23. The quantitative estimate of drug-likeness (QED) is 0.229. The van der Waals surface area contributed by atoms with Gasteiger partial charge in [-0.3, -0.25) is 0 Å². The second-order valence-electron chi connectivity index (χ2n) is 8.07.